The van der Waals surface area contributed by atoms with E-state index in [0.717, 1.165) is 63.6 Å². The minimum atomic E-state index is 0.0692. The lowest BCUT2D eigenvalue weighted by atomic mass is 10.1. The van der Waals surface area contributed by atoms with Gasteiger partial charge < -0.3 is 14.4 Å². The van der Waals surface area contributed by atoms with Crippen molar-refractivity contribution in [2.24, 2.45) is 0 Å². The number of rotatable bonds is 6. The lowest BCUT2D eigenvalue weighted by Crippen LogP contribution is -2.36. The fourth-order valence-electron chi connectivity index (χ4n) is 3.41. The molecule has 3 heterocycles. The van der Waals surface area contributed by atoms with E-state index in [-0.39, 0.29) is 18.6 Å². The lowest BCUT2D eigenvalue weighted by Gasteiger charge is -2.27. The van der Waals surface area contributed by atoms with Gasteiger partial charge in [-0.3, -0.25) is 14.7 Å². The van der Waals surface area contributed by atoms with E-state index < -0.39 is 0 Å². The first kappa shape index (κ1) is 17.3. The molecule has 1 aromatic heterocycles. The van der Waals surface area contributed by atoms with Crippen LogP contribution in [0.25, 0.3) is 0 Å². The van der Waals surface area contributed by atoms with Crippen LogP contribution >= 0.6 is 0 Å². The number of carbonyl (C=O) groups excluding carboxylic acids is 1. The number of likely N-dealkylation sites (tertiary alicyclic amines) is 1. The van der Waals surface area contributed by atoms with E-state index in [1.807, 2.05) is 17.9 Å². The maximum absolute atomic E-state index is 12.3. The summed E-state index contributed by atoms with van der Waals surface area (Å²) in [5, 5.41) is 0. The zero-order valence-corrected chi connectivity index (χ0v) is 14.4. The summed E-state index contributed by atoms with van der Waals surface area (Å²) < 4.78 is 10.7. The monoisotopic (exact) mass is 333 g/mol. The number of hydrogen-bond acceptors (Lipinski definition) is 5. The molecule has 2 fully saturated rings. The number of nitrogens with zero attached hydrogens (tertiary/aromatic N) is 3. The molecule has 0 spiro atoms. The van der Waals surface area contributed by atoms with Gasteiger partial charge in [-0.15, -0.1) is 0 Å². The Morgan fingerprint density at radius 1 is 1.33 bits per heavy atom. The van der Waals surface area contributed by atoms with Gasteiger partial charge in [0.2, 0.25) is 5.91 Å². The summed E-state index contributed by atoms with van der Waals surface area (Å²) >= 11 is 0. The highest BCUT2D eigenvalue weighted by atomic mass is 16.5. The number of carbonyl (C=O) groups is 1. The van der Waals surface area contributed by atoms with Gasteiger partial charge in [-0.05, 0) is 31.9 Å². The van der Waals surface area contributed by atoms with Gasteiger partial charge in [-0.1, -0.05) is 6.07 Å². The van der Waals surface area contributed by atoms with Crippen molar-refractivity contribution in [2.75, 3.05) is 46.1 Å². The second-order valence-electron chi connectivity index (χ2n) is 6.32. The molecule has 6 heteroatoms. The molecule has 0 aromatic carbocycles. The van der Waals surface area contributed by atoms with Crippen molar-refractivity contribution < 1.29 is 14.3 Å². The van der Waals surface area contributed by atoms with Crippen LogP contribution in [0.15, 0.2) is 18.2 Å². The predicted molar refractivity (Wildman–Crippen MR) is 90.5 cm³/mol. The zero-order chi connectivity index (χ0) is 16.8. The van der Waals surface area contributed by atoms with Gasteiger partial charge in [-0.2, -0.15) is 0 Å². The molecule has 24 heavy (non-hydrogen) atoms. The minimum absolute atomic E-state index is 0.0692. The lowest BCUT2D eigenvalue weighted by molar-refractivity contribution is -0.137. The summed E-state index contributed by atoms with van der Waals surface area (Å²) in [6.45, 7) is 7.78. The molecule has 1 atom stereocenters. The topological polar surface area (TPSA) is 54.9 Å². The highest BCUT2D eigenvalue weighted by Crippen LogP contribution is 2.31. The van der Waals surface area contributed by atoms with Gasteiger partial charge in [0.15, 0.2) is 0 Å². The Bertz CT molecular complexity index is 546. The summed E-state index contributed by atoms with van der Waals surface area (Å²) in [6.07, 6.45) is 2.00. The van der Waals surface area contributed by atoms with Crippen LogP contribution in [-0.2, 0) is 20.8 Å². The summed E-state index contributed by atoms with van der Waals surface area (Å²) in [5.74, 6) is 0.0692. The fraction of sp³-hybridized carbons (Fsp3) is 0.667. The maximum Gasteiger partial charge on any atom is 0.249 e. The van der Waals surface area contributed by atoms with Gasteiger partial charge >= 0.3 is 0 Å². The van der Waals surface area contributed by atoms with Gasteiger partial charge in [0.05, 0.1) is 30.6 Å². The summed E-state index contributed by atoms with van der Waals surface area (Å²) in [7, 11) is 0. The molecular formula is C18H27N3O3. The molecule has 1 unspecified atom stereocenters. The molecule has 0 radical (unpaired) electrons. The van der Waals surface area contributed by atoms with Crippen molar-refractivity contribution in [3.05, 3.63) is 29.6 Å². The molecule has 0 bridgehead atoms. The second-order valence-corrected chi connectivity index (χ2v) is 6.32. The molecule has 132 valence electrons. The van der Waals surface area contributed by atoms with E-state index in [1.165, 1.54) is 0 Å². The first-order valence-electron chi connectivity index (χ1n) is 8.91. The van der Waals surface area contributed by atoms with Crippen LogP contribution in [0.2, 0.25) is 0 Å². The van der Waals surface area contributed by atoms with E-state index in [9.17, 15) is 4.79 Å². The smallest absolute Gasteiger partial charge is 0.249 e. The number of pyridine rings is 1. The number of aromatic nitrogens is 1. The third-order valence-corrected chi connectivity index (χ3v) is 4.66. The molecule has 0 saturated carbocycles. The van der Waals surface area contributed by atoms with Crippen molar-refractivity contribution in [1.29, 1.82) is 0 Å². The van der Waals surface area contributed by atoms with Gasteiger partial charge in [0.1, 0.15) is 6.61 Å². The van der Waals surface area contributed by atoms with E-state index in [1.54, 1.807) is 0 Å². The molecule has 0 aliphatic carbocycles. The van der Waals surface area contributed by atoms with Crippen LogP contribution in [0.5, 0.6) is 0 Å². The molecule has 2 aliphatic heterocycles. The Labute approximate surface area is 143 Å². The van der Waals surface area contributed by atoms with Crippen molar-refractivity contribution in [3.8, 4) is 0 Å². The standard InChI is InChI=1S/C18H27N3O3/c1-2-23-14-18(22)21-8-4-7-17(21)16-6-3-5-15(19-16)13-20-9-11-24-12-10-20/h3,5-6,17H,2,4,7-14H2,1H3. The van der Waals surface area contributed by atoms with E-state index in [2.05, 4.69) is 17.0 Å². The average Bonchev–Trinajstić information content (AvgIpc) is 3.11. The van der Waals surface area contributed by atoms with Crippen LogP contribution < -0.4 is 0 Å². The average molecular weight is 333 g/mol. The van der Waals surface area contributed by atoms with Crippen molar-refractivity contribution in [2.45, 2.75) is 32.4 Å². The molecule has 6 nitrogen and oxygen atoms in total. The van der Waals surface area contributed by atoms with E-state index >= 15 is 0 Å². The molecule has 2 saturated heterocycles. The molecule has 1 aromatic rings. The van der Waals surface area contributed by atoms with Gasteiger partial charge in [0.25, 0.3) is 0 Å². The molecule has 3 rings (SSSR count). The molecule has 0 N–H and O–H groups in total. The predicted octanol–water partition coefficient (Wildman–Crippen LogP) is 1.61. The normalized spacial score (nSPS) is 22.0. The van der Waals surface area contributed by atoms with Crippen LogP contribution in [0.4, 0.5) is 0 Å². The van der Waals surface area contributed by atoms with E-state index in [4.69, 9.17) is 14.5 Å². The van der Waals surface area contributed by atoms with Crippen molar-refractivity contribution in [1.82, 2.24) is 14.8 Å². The van der Waals surface area contributed by atoms with Crippen LogP contribution in [-0.4, -0.2) is 66.8 Å². The SMILES string of the molecule is CCOCC(=O)N1CCCC1c1cccc(CN2CCOCC2)n1. The summed E-state index contributed by atoms with van der Waals surface area (Å²) in [6, 6.07) is 6.25. The summed E-state index contributed by atoms with van der Waals surface area (Å²) in [4.78, 5) is 21.5. The highest BCUT2D eigenvalue weighted by Gasteiger charge is 2.30. The zero-order valence-electron chi connectivity index (χ0n) is 14.4. The van der Waals surface area contributed by atoms with Crippen LogP contribution in [0.1, 0.15) is 37.2 Å². The molecule has 2 aliphatic rings. The van der Waals surface area contributed by atoms with Gasteiger partial charge in [-0.25, -0.2) is 0 Å². The third-order valence-electron chi connectivity index (χ3n) is 4.66. The number of ether oxygens (including phenoxy) is 2. The molecule has 1 amide bonds. The largest absolute Gasteiger partial charge is 0.379 e. The maximum atomic E-state index is 12.3. The minimum Gasteiger partial charge on any atom is -0.379 e. The first-order chi connectivity index (χ1) is 11.8. The number of hydrogen-bond donors (Lipinski definition) is 0. The van der Waals surface area contributed by atoms with Gasteiger partial charge in [0, 0.05) is 32.8 Å². The number of amides is 1. The van der Waals surface area contributed by atoms with E-state index in [0.29, 0.717) is 6.61 Å². The molecular weight excluding hydrogens is 306 g/mol. The Morgan fingerprint density at radius 2 is 2.17 bits per heavy atom. The Hall–Kier alpha value is -1.50. The summed E-state index contributed by atoms with van der Waals surface area (Å²) in [5.41, 5.74) is 2.07. The quantitative estimate of drug-likeness (QED) is 0.792. The Balaban J connectivity index is 1.66. The Morgan fingerprint density at radius 3 is 2.96 bits per heavy atom. The van der Waals surface area contributed by atoms with Crippen LogP contribution in [0.3, 0.4) is 0 Å². The van der Waals surface area contributed by atoms with Crippen molar-refractivity contribution >= 4 is 5.91 Å². The number of morpholine rings is 1. The first-order valence-corrected chi connectivity index (χ1v) is 8.91. The second kappa shape index (κ2) is 8.55. The highest BCUT2D eigenvalue weighted by molar-refractivity contribution is 5.78. The van der Waals surface area contributed by atoms with Crippen LogP contribution in [0, 0.1) is 0 Å². The Kier molecular flexibility index (Phi) is 6.18. The van der Waals surface area contributed by atoms with Crippen molar-refractivity contribution in [3.63, 3.8) is 0 Å². The third kappa shape index (κ3) is 4.32. The fourth-order valence-corrected chi connectivity index (χ4v) is 3.41.